The van der Waals surface area contributed by atoms with Crippen LogP contribution in [0.2, 0.25) is 0 Å². The van der Waals surface area contributed by atoms with Gasteiger partial charge in [0, 0.05) is 6.42 Å². The Balaban J connectivity index is 1.91. The number of carbonyl (C=O) groups excluding carboxylic acids is 1. The summed E-state index contributed by atoms with van der Waals surface area (Å²) in [5.41, 5.74) is 0. The lowest BCUT2D eigenvalue weighted by atomic mass is 9.97. The summed E-state index contributed by atoms with van der Waals surface area (Å²) >= 11 is 0. The largest absolute Gasteiger partial charge is 0.394 e. The lowest BCUT2D eigenvalue weighted by molar-refractivity contribution is -0.359. The van der Waals surface area contributed by atoms with Crippen LogP contribution in [0.1, 0.15) is 149 Å². The summed E-state index contributed by atoms with van der Waals surface area (Å²) in [7, 11) is 0. The third-order valence-corrected chi connectivity index (χ3v) is 11.6. The van der Waals surface area contributed by atoms with Crippen molar-refractivity contribution in [2.75, 3.05) is 19.8 Å². The molecule has 1 amide bonds. The molecule has 0 radical (unpaired) electrons. The number of aliphatic hydroxyl groups excluding tert-OH is 8. The van der Waals surface area contributed by atoms with Crippen LogP contribution >= 0.6 is 0 Å². The second-order valence-electron chi connectivity index (χ2n) is 17.2. The molecule has 0 saturated carbocycles. The Morgan fingerprint density at radius 3 is 1.69 bits per heavy atom. The molecule has 14 nitrogen and oxygen atoms in total. The van der Waals surface area contributed by atoms with Crippen LogP contribution in [-0.2, 0) is 23.7 Å². The van der Waals surface area contributed by atoms with Gasteiger partial charge in [-0.25, -0.2) is 0 Å². The third-order valence-electron chi connectivity index (χ3n) is 11.6. The van der Waals surface area contributed by atoms with Crippen molar-refractivity contribution in [2.45, 2.75) is 222 Å². The molecule has 0 bridgehead atoms. The molecule has 0 spiro atoms. The van der Waals surface area contributed by atoms with Crippen molar-refractivity contribution in [1.82, 2.24) is 5.32 Å². The van der Waals surface area contributed by atoms with Crippen molar-refractivity contribution < 1.29 is 64.6 Å². The minimum Gasteiger partial charge on any atom is -0.394 e. The van der Waals surface area contributed by atoms with E-state index < -0.39 is 86.8 Å². The lowest BCUT2D eigenvalue weighted by Crippen LogP contribution is -2.65. The van der Waals surface area contributed by atoms with Crippen LogP contribution in [0.15, 0.2) is 72.9 Å². The lowest BCUT2D eigenvalue weighted by Gasteiger charge is -2.46. The molecule has 2 fully saturated rings. The zero-order valence-corrected chi connectivity index (χ0v) is 39.4. The fraction of sp³-hybridized carbons (Fsp3) is 0.745. The molecule has 2 saturated heterocycles. The Kier molecular flexibility index (Phi) is 33.7. The molecule has 0 aromatic carbocycles. The average Bonchev–Trinajstić information content (AvgIpc) is 3.30. The topological polar surface area (TPSA) is 228 Å². The molecule has 374 valence electrons. The quantitative estimate of drug-likeness (QED) is 0.0258. The van der Waals surface area contributed by atoms with Crippen LogP contribution in [0.4, 0.5) is 0 Å². The Labute approximate surface area is 389 Å². The maximum atomic E-state index is 13.1. The van der Waals surface area contributed by atoms with Gasteiger partial charge in [0.1, 0.15) is 48.8 Å². The first-order chi connectivity index (χ1) is 31.6. The number of unbranched alkanes of at least 4 members (excludes halogenated alkanes) is 13. The molecule has 2 heterocycles. The minimum absolute atomic E-state index is 0.247. The van der Waals surface area contributed by atoms with Crippen LogP contribution in [0.3, 0.4) is 0 Å². The summed E-state index contributed by atoms with van der Waals surface area (Å²) in [6.45, 7) is 2.60. The Hall–Kier alpha value is -2.57. The first-order valence-corrected chi connectivity index (χ1v) is 24.7. The minimum atomic E-state index is -1.80. The Bertz CT molecular complexity index is 1370. The molecule has 65 heavy (non-hydrogen) atoms. The molecule has 12 atom stereocenters. The van der Waals surface area contributed by atoms with Crippen LogP contribution in [0.25, 0.3) is 0 Å². The molecule has 2 aliphatic rings. The molecule has 12 unspecified atom stereocenters. The smallest absolute Gasteiger partial charge is 0.220 e. The van der Waals surface area contributed by atoms with E-state index in [-0.39, 0.29) is 18.9 Å². The average molecular weight is 922 g/mol. The number of rotatable bonds is 36. The van der Waals surface area contributed by atoms with E-state index in [4.69, 9.17) is 18.9 Å². The number of carbonyl (C=O) groups is 1. The van der Waals surface area contributed by atoms with E-state index in [1.807, 2.05) is 6.08 Å². The SMILES string of the molecule is CC/C=C\C/C=C\C/C=C\CCCCCCCC(=O)NC(COC1OC(CO)C(OC2OC(CO)C(O)C(O)C2O)C(O)C1O)C(O)/C=C/CC/C=C/CC/C=C/CCCCCCCC. The first kappa shape index (κ1) is 58.6. The molecule has 0 aromatic heterocycles. The summed E-state index contributed by atoms with van der Waals surface area (Å²) < 4.78 is 22.6. The summed E-state index contributed by atoms with van der Waals surface area (Å²) in [5, 5.41) is 86.6. The van der Waals surface area contributed by atoms with Crippen LogP contribution in [0.5, 0.6) is 0 Å². The highest BCUT2D eigenvalue weighted by molar-refractivity contribution is 5.76. The number of hydrogen-bond donors (Lipinski definition) is 9. The number of amides is 1. The second-order valence-corrected chi connectivity index (χ2v) is 17.2. The summed E-state index contributed by atoms with van der Waals surface area (Å²) in [4.78, 5) is 13.1. The highest BCUT2D eigenvalue weighted by atomic mass is 16.7. The van der Waals surface area contributed by atoms with E-state index in [0.717, 1.165) is 77.0 Å². The fourth-order valence-corrected chi connectivity index (χ4v) is 7.57. The standard InChI is InChI=1S/C51H87NO13/c1-3-5-7-9-11-13-15-17-19-21-22-24-26-28-30-32-34-40(55)39(52-43(56)35-33-31-29-27-25-23-20-18-16-14-12-10-8-6-4-2)38-62-50-48(61)46(59)49(42(37-54)64-50)65-51-47(60)45(58)44(57)41(36-53)63-51/h6,8,12,14,17-20,24,26,32,34,39-42,44-51,53-55,57-61H,3-5,7,9-11,13,15-16,21-23,25,27-31,33,35-38H2,1-2H3,(H,52,56)/b8-6-,14-12-,19-17+,20-18-,26-24+,34-32+. The number of ether oxygens (including phenoxy) is 4. The van der Waals surface area contributed by atoms with E-state index in [1.54, 1.807) is 6.08 Å². The fourth-order valence-electron chi connectivity index (χ4n) is 7.57. The van der Waals surface area contributed by atoms with Crippen molar-refractivity contribution >= 4 is 5.91 Å². The van der Waals surface area contributed by atoms with Crippen LogP contribution in [-0.4, -0.2) is 140 Å². The summed E-state index contributed by atoms with van der Waals surface area (Å²) in [6.07, 6.45) is 29.4. The normalized spacial score (nSPS) is 27.7. The zero-order valence-electron chi connectivity index (χ0n) is 39.4. The van der Waals surface area contributed by atoms with E-state index in [0.29, 0.717) is 12.8 Å². The van der Waals surface area contributed by atoms with Gasteiger partial charge in [-0.1, -0.05) is 138 Å². The zero-order chi connectivity index (χ0) is 47.5. The Morgan fingerprint density at radius 2 is 1.08 bits per heavy atom. The van der Waals surface area contributed by atoms with Gasteiger partial charge in [-0.15, -0.1) is 0 Å². The van der Waals surface area contributed by atoms with Gasteiger partial charge in [-0.2, -0.15) is 0 Å². The predicted molar refractivity (Wildman–Crippen MR) is 253 cm³/mol. The van der Waals surface area contributed by atoms with Crippen molar-refractivity contribution in [2.24, 2.45) is 0 Å². The maximum Gasteiger partial charge on any atom is 0.220 e. The van der Waals surface area contributed by atoms with Gasteiger partial charge in [0.25, 0.3) is 0 Å². The first-order valence-electron chi connectivity index (χ1n) is 24.7. The van der Waals surface area contributed by atoms with Crippen LogP contribution < -0.4 is 5.32 Å². The molecule has 0 aliphatic carbocycles. The number of allylic oxidation sites excluding steroid dienone is 11. The van der Waals surface area contributed by atoms with E-state index in [1.165, 1.54) is 38.5 Å². The van der Waals surface area contributed by atoms with Crippen molar-refractivity contribution in [3.05, 3.63) is 72.9 Å². The number of nitrogens with one attached hydrogen (secondary N) is 1. The van der Waals surface area contributed by atoms with Gasteiger partial charge in [-0.05, 0) is 77.0 Å². The van der Waals surface area contributed by atoms with E-state index >= 15 is 0 Å². The van der Waals surface area contributed by atoms with Crippen molar-refractivity contribution in [3.8, 4) is 0 Å². The Morgan fingerprint density at radius 1 is 0.569 bits per heavy atom. The van der Waals surface area contributed by atoms with Gasteiger partial charge in [0.2, 0.25) is 5.91 Å². The molecule has 0 aromatic rings. The maximum absolute atomic E-state index is 13.1. The number of aliphatic hydroxyl groups is 8. The van der Waals surface area contributed by atoms with Crippen molar-refractivity contribution in [1.29, 1.82) is 0 Å². The molecule has 2 aliphatic heterocycles. The third kappa shape index (κ3) is 24.9. The van der Waals surface area contributed by atoms with Gasteiger partial charge in [0.15, 0.2) is 12.6 Å². The number of hydrogen-bond acceptors (Lipinski definition) is 13. The summed E-state index contributed by atoms with van der Waals surface area (Å²) in [5.74, 6) is -0.275. The molecule has 2 rings (SSSR count). The van der Waals surface area contributed by atoms with Crippen molar-refractivity contribution in [3.63, 3.8) is 0 Å². The van der Waals surface area contributed by atoms with Gasteiger partial charge in [-0.3, -0.25) is 4.79 Å². The monoisotopic (exact) mass is 922 g/mol. The van der Waals surface area contributed by atoms with Crippen LogP contribution in [0, 0.1) is 0 Å². The molecule has 9 N–H and O–H groups in total. The van der Waals surface area contributed by atoms with Gasteiger partial charge < -0.3 is 65.1 Å². The van der Waals surface area contributed by atoms with E-state index in [2.05, 4.69) is 79.9 Å². The highest BCUT2D eigenvalue weighted by Gasteiger charge is 2.51. The molecular weight excluding hydrogens is 835 g/mol. The van der Waals surface area contributed by atoms with E-state index in [9.17, 15) is 45.6 Å². The molecule has 14 heteroatoms. The predicted octanol–water partition coefficient (Wildman–Crippen LogP) is 6.04. The summed E-state index contributed by atoms with van der Waals surface area (Å²) in [6, 6.07) is -0.949. The highest BCUT2D eigenvalue weighted by Crippen LogP contribution is 2.30. The molecular formula is C51H87NO13. The second kappa shape index (κ2) is 37.4. The van der Waals surface area contributed by atoms with Gasteiger partial charge >= 0.3 is 0 Å². The van der Waals surface area contributed by atoms with Gasteiger partial charge in [0.05, 0.1) is 32.0 Å².